The van der Waals surface area contributed by atoms with Crippen LogP contribution in [0.5, 0.6) is 0 Å². The molecule has 0 saturated heterocycles. The number of nitrogens with two attached hydrogens (primary N) is 1. The molecule has 1 aliphatic rings. The van der Waals surface area contributed by atoms with Crippen molar-refractivity contribution in [3.63, 3.8) is 0 Å². The third-order valence-corrected chi connectivity index (χ3v) is 1.75. The summed E-state index contributed by atoms with van der Waals surface area (Å²) in [5.41, 5.74) is 2.74. The number of hydrogen-bond acceptors (Lipinski definition) is 3. The number of nitrogens with one attached hydrogen (secondary N) is 1. The number of ether oxygens (including phenoxy) is 1. The third-order valence-electron chi connectivity index (χ3n) is 1.75. The van der Waals surface area contributed by atoms with Crippen molar-refractivity contribution in [2.45, 2.75) is 18.9 Å². The van der Waals surface area contributed by atoms with Gasteiger partial charge in [-0.05, 0) is 18.8 Å². The van der Waals surface area contributed by atoms with Crippen LogP contribution in [0.1, 0.15) is 12.8 Å². The maximum atomic E-state index is 5.27. The molecule has 0 heterocycles. The highest BCUT2D eigenvalue weighted by atomic mass is 16.5. The molecule has 0 bridgehead atoms. The summed E-state index contributed by atoms with van der Waals surface area (Å²) in [7, 11) is 1.70. The molecule has 9 heavy (non-hydrogen) atoms. The number of hydrogen-bond donors (Lipinski definition) is 2. The lowest BCUT2D eigenvalue weighted by Crippen LogP contribution is -2.40. The molecule has 1 rings (SSSR count). The zero-order valence-electron chi connectivity index (χ0n) is 5.76. The average molecular weight is 130 g/mol. The smallest absolute Gasteiger partial charge is 0.0632 e. The Morgan fingerprint density at radius 1 is 1.78 bits per heavy atom. The summed E-state index contributed by atoms with van der Waals surface area (Å²) in [6.45, 7) is 0.737. The quantitative estimate of drug-likeness (QED) is 0.412. The second-order valence-electron chi connectivity index (χ2n) is 2.57. The van der Waals surface area contributed by atoms with E-state index in [2.05, 4.69) is 5.43 Å². The van der Waals surface area contributed by atoms with Gasteiger partial charge in [-0.1, -0.05) is 0 Å². The Labute approximate surface area is 55.5 Å². The summed E-state index contributed by atoms with van der Waals surface area (Å²) < 4.78 is 4.95. The number of methoxy groups -OCH3 is 1. The molecule has 3 nitrogen and oxygen atoms in total. The van der Waals surface area contributed by atoms with E-state index in [0.29, 0.717) is 6.04 Å². The zero-order chi connectivity index (χ0) is 6.69. The van der Waals surface area contributed by atoms with Crippen molar-refractivity contribution in [1.82, 2.24) is 5.43 Å². The third kappa shape index (κ3) is 1.93. The normalized spacial score (nSPS) is 22.0. The Kier molecular flexibility index (Phi) is 2.45. The van der Waals surface area contributed by atoms with Crippen LogP contribution in [0, 0.1) is 5.92 Å². The SMILES string of the molecule is COCC(NN)C1CC1. The fraction of sp³-hybridized carbons (Fsp3) is 1.00. The molecule has 0 aliphatic heterocycles. The fourth-order valence-corrected chi connectivity index (χ4v) is 0.998. The molecule has 1 atom stereocenters. The summed E-state index contributed by atoms with van der Waals surface area (Å²) in [6, 6.07) is 0.384. The highest BCUT2D eigenvalue weighted by molar-refractivity contribution is 4.84. The van der Waals surface area contributed by atoms with E-state index in [0.717, 1.165) is 12.5 Å². The van der Waals surface area contributed by atoms with E-state index in [1.165, 1.54) is 12.8 Å². The van der Waals surface area contributed by atoms with Crippen molar-refractivity contribution in [3.05, 3.63) is 0 Å². The molecule has 1 saturated carbocycles. The Balaban J connectivity index is 2.12. The number of hydrazine groups is 1. The first-order valence-corrected chi connectivity index (χ1v) is 3.33. The van der Waals surface area contributed by atoms with Crippen LogP contribution in [0.3, 0.4) is 0 Å². The Bertz CT molecular complexity index is 83.1. The van der Waals surface area contributed by atoms with Crippen LogP contribution in [0.15, 0.2) is 0 Å². The van der Waals surface area contributed by atoms with Crippen LogP contribution < -0.4 is 11.3 Å². The fourth-order valence-electron chi connectivity index (χ4n) is 0.998. The maximum Gasteiger partial charge on any atom is 0.0632 e. The molecule has 54 valence electrons. The molecular formula is C6H14N2O. The van der Waals surface area contributed by atoms with Crippen LogP contribution in [0.25, 0.3) is 0 Å². The summed E-state index contributed by atoms with van der Waals surface area (Å²) in [6.07, 6.45) is 2.61. The van der Waals surface area contributed by atoms with Gasteiger partial charge in [-0.2, -0.15) is 0 Å². The molecule has 0 radical (unpaired) electrons. The minimum Gasteiger partial charge on any atom is -0.383 e. The summed E-state index contributed by atoms with van der Waals surface area (Å²) >= 11 is 0. The van der Waals surface area contributed by atoms with Gasteiger partial charge in [-0.15, -0.1) is 0 Å². The van der Waals surface area contributed by atoms with Gasteiger partial charge in [0.05, 0.1) is 6.61 Å². The van der Waals surface area contributed by atoms with Gasteiger partial charge in [0.2, 0.25) is 0 Å². The molecule has 0 aromatic rings. The highest BCUT2D eigenvalue weighted by Crippen LogP contribution is 2.32. The molecule has 0 spiro atoms. The average Bonchev–Trinajstić information content (AvgIpc) is 2.64. The van der Waals surface area contributed by atoms with Crippen molar-refractivity contribution < 1.29 is 4.74 Å². The van der Waals surface area contributed by atoms with E-state index in [4.69, 9.17) is 10.6 Å². The van der Waals surface area contributed by atoms with Crippen LogP contribution in [-0.2, 0) is 4.74 Å². The molecule has 3 N–H and O–H groups in total. The molecule has 0 amide bonds. The van der Waals surface area contributed by atoms with Crippen molar-refractivity contribution in [2.75, 3.05) is 13.7 Å². The monoisotopic (exact) mass is 130 g/mol. The molecule has 3 heteroatoms. The lowest BCUT2D eigenvalue weighted by molar-refractivity contribution is 0.158. The summed E-state index contributed by atoms with van der Waals surface area (Å²) in [5.74, 6) is 6.04. The van der Waals surface area contributed by atoms with Crippen LogP contribution in [0.4, 0.5) is 0 Å². The van der Waals surface area contributed by atoms with E-state index in [1.54, 1.807) is 7.11 Å². The standard InChI is InChI=1S/C6H14N2O/c1-9-4-6(8-7)5-2-3-5/h5-6,8H,2-4,7H2,1H3. The van der Waals surface area contributed by atoms with Crippen LogP contribution in [0.2, 0.25) is 0 Å². The van der Waals surface area contributed by atoms with E-state index < -0.39 is 0 Å². The first-order valence-electron chi connectivity index (χ1n) is 3.33. The molecule has 1 fully saturated rings. The Morgan fingerprint density at radius 2 is 2.44 bits per heavy atom. The molecule has 0 aromatic heterocycles. The van der Waals surface area contributed by atoms with Gasteiger partial charge in [-0.25, -0.2) is 0 Å². The van der Waals surface area contributed by atoms with Crippen molar-refractivity contribution >= 4 is 0 Å². The van der Waals surface area contributed by atoms with Crippen molar-refractivity contribution in [1.29, 1.82) is 0 Å². The lowest BCUT2D eigenvalue weighted by atomic mass is 10.2. The largest absolute Gasteiger partial charge is 0.383 e. The van der Waals surface area contributed by atoms with Gasteiger partial charge < -0.3 is 4.74 Å². The minimum absolute atomic E-state index is 0.384. The van der Waals surface area contributed by atoms with Gasteiger partial charge in [-0.3, -0.25) is 11.3 Å². The molecular weight excluding hydrogens is 116 g/mol. The minimum atomic E-state index is 0.384. The van der Waals surface area contributed by atoms with E-state index in [1.807, 2.05) is 0 Å². The summed E-state index contributed by atoms with van der Waals surface area (Å²) in [4.78, 5) is 0. The van der Waals surface area contributed by atoms with Crippen molar-refractivity contribution in [3.8, 4) is 0 Å². The van der Waals surface area contributed by atoms with E-state index in [9.17, 15) is 0 Å². The predicted molar refractivity (Wildman–Crippen MR) is 35.7 cm³/mol. The van der Waals surface area contributed by atoms with Gasteiger partial charge in [0, 0.05) is 13.2 Å². The Morgan fingerprint density at radius 3 is 2.78 bits per heavy atom. The van der Waals surface area contributed by atoms with Gasteiger partial charge in [0.25, 0.3) is 0 Å². The van der Waals surface area contributed by atoms with Gasteiger partial charge in [0.15, 0.2) is 0 Å². The second kappa shape index (κ2) is 3.15. The molecule has 1 aliphatic carbocycles. The van der Waals surface area contributed by atoms with E-state index >= 15 is 0 Å². The molecule has 0 aromatic carbocycles. The maximum absolute atomic E-state index is 5.27. The highest BCUT2D eigenvalue weighted by Gasteiger charge is 2.29. The number of rotatable bonds is 4. The summed E-state index contributed by atoms with van der Waals surface area (Å²) in [5, 5.41) is 0. The topological polar surface area (TPSA) is 47.3 Å². The lowest BCUT2D eigenvalue weighted by Gasteiger charge is -2.12. The first kappa shape index (κ1) is 6.99. The first-order chi connectivity index (χ1) is 4.38. The molecule has 1 unspecified atom stereocenters. The zero-order valence-corrected chi connectivity index (χ0v) is 5.76. The van der Waals surface area contributed by atoms with Gasteiger partial charge in [0.1, 0.15) is 0 Å². The van der Waals surface area contributed by atoms with E-state index in [-0.39, 0.29) is 0 Å². The second-order valence-corrected chi connectivity index (χ2v) is 2.57. The predicted octanol–water partition coefficient (Wildman–Crippen LogP) is -0.125. The Hall–Kier alpha value is -0.120. The van der Waals surface area contributed by atoms with Crippen LogP contribution >= 0.6 is 0 Å². The van der Waals surface area contributed by atoms with Crippen molar-refractivity contribution in [2.24, 2.45) is 11.8 Å². The van der Waals surface area contributed by atoms with Crippen LogP contribution in [-0.4, -0.2) is 19.8 Å². The van der Waals surface area contributed by atoms with Gasteiger partial charge >= 0.3 is 0 Å².